The van der Waals surface area contributed by atoms with Gasteiger partial charge in [-0.2, -0.15) is 15.1 Å². The highest BCUT2D eigenvalue weighted by molar-refractivity contribution is 5.55. The summed E-state index contributed by atoms with van der Waals surface area (Å²) in [4.78, 5) is 11.8. The highest BCUT2D eigenvalue weighted by atomic mass is 16.5. The molecule has 1 aliphatic heterocycles. The van der Waals surface area contributed by atoms with Crippen LogP contribution in [0.4, 0.5) is 17.6 Å². The summed E-state index contributed by atoms with van der Waals surface area (Å²) in [5.41, 5.74) is 0.376. The van der Waals surface area contributed by atoms with Crippen LogP contribution in [0.25, 0.3) is 0 Å². The summed E-state index contributed by atoms with van der Waals surface area (Å²) in [5, 5.41) is 24.9. The Kier molecular flexibility index (Phi) is 7.13. The number of hydrogen-bond donors (Lipinski definition) is 4. The van der Waals surface area contributed by atoms with Crippen LogP contribution < -0.4 is 15.4 Å². The van der Waals surface area contributed by atoms with E-state index >= 15 is 0 Å². The van der Waals surface area contributed by atoms with Crippen LogP contribution in [0.15, 0.2) is 12.1 Å². The molecule has 5 unspecified atom stereocenters. The van der Waals surface area contributed by atoms with Gasteiger partial charge in [0, 0.05) is 43.5 Å². The molecular formula is C25H39N7O3. The molecule has 2 saturated carbocycles. The second-order valence-corrected chi connectivity index (χ2v) is 10.9. The Morgan fingerprint density at radius 3 is 2.80 bits per heavy atom. The number of hydrogen-bond acceptors (Lipinski definition) is 9. The van der Waals surface area contributed by atoms with Crippen LogP contribution in [0.5, 0.6) is 5.88 Å². The number of nitrogens with one attached hydrogen (secondary N) is 3. The average molecular weight is 486 g/mol. The van der Waals surface area contributed by atoms with Gasteiger partial charge in [0.25, 0.3) is 0 Å². The van der Waals surface area contributed by atoms with Crippen molar-refractivity contribution >= 4 is 17.6 Å². The fourth-order valence-corrected chi connectivity index (χ4v) is 6.21. The molecule has 4 N–H and O–H groups in total. The van der Waals surface area contributed by atoms with Crippen molar-refractivity contribution in [2.24, 2.45) is 17.8 Å². The van der Waals surface area contributed by atoms with Crippen molar-refractivity contribution in [3.05, 3.63) is 17.8 Å². The van der Waals surface area contributed by atoms with Gasteiger partial charge in [0.15, 0.2) is 5.82 Å². The van der Waals surface area contributed by atoms with Crippen molar-refractivity contribution in [2.45, 2.75) is 58.1 Å². The zero-order valence-corrected chi connectivity index (χ0v) is 21.1. The maximum Gasteiger partial charge on any atom is 0.228 e. The minimum absolute atomic E-state index is 0.210. The lowest BCUT2D eigenvalue weighted by atomic mass is 9.61. The second kappa shape index (κ2) is 10.3. The third kappa shape index (κ3) is 6.23. The molecule has 2 bridgehead atoms. The van der Waals surface area contributed by atoms with Crippen molar-refractivity contribution in [2.75, 3.05) is 50.1 Å². The molecule has 5 atom stereocenters. The molecule has 3 aliphatic rings. The van der Waals surface area contributed by atoms with Gasteiger partial charge < -0.3 is 25.2 Å². The molecular weight excluding hydrogens is 446 g/mol. The lowest BCUT2D eigenvalue weighted by molar-refractivity contribution is -0.0502. The molecule has 10 heteroatoms. The smallest absolute Gasteiger partial charge is 0.228 e. The number of morpholine rings is 1. The molecule has 10 nitrogen and oxygen atoms in total. The van der Waals surface area contributed by atoms with Crippen molar-refractivity contribution < 1.29 is 14.6 Å². The standard InChI is InChI=1S/C25H39N7O3/c1-16-10-18-12-19(15-25(3,33)14-18)23(16)29-24-27-20(26-21-11-17(2)30-31-21)13-22(28-24)35-9-6-32-4-7-34-8-5-32/h11,13,16,18-19,23,33H,4-10,12,14-15H2,1-3H3,(H3,26,27,28,29,30,31). The first kappa shape index (κ1) is 24.3. The molecule has 2 aromatic heterocycles. The number of anilines is 3. The Morgan fingerprint density at radius 1 is 1.20 bits per heavy atom. The molecule has 35 heavy (non-hydrogen) atoms. The van der Waals surface area contributed by atoms with Gasteiger partial charge in [-0.3, -0.25) is 10.00 Å². The van der Waals surface area contributed by atoms with Gasteiger partial charge in [-0.05, 0) is 57.3 Å². The number of H-pyrrole nitrogens is 1. The Labute approximate surface area is 207 Å². The number of aromatic amines is 1. The maximum atomic E-state index is 10.8. The van der Waals surface area contributed by atoms with Crippen molar-refractivity contribution in [1.82, 2.24) is 25.1 Å². The van der Waals surface area contributed by atoms with E-state index in [-0.39, 0.29) is 6.04 Å². The maximum absolute atomic E-state index is 10.8. The zero-order valence-electron chi connectivity index (χ0n) is 21.1. The van der Waals surface area contributed by atoms with Crippen LogP contribution in [0, 0.1) is 24.7 Å². The molecule has 3 heterocycles. The van der Waals surface area contributed by atoms with Crippen LogP contribution in [0.3, 0.4) is 0 Å². The number of nitrogens with zero attached hydrogens (tertiary/aromatic N) is 4. The van der Waals surface area contributed by atoms with Gasteiger partial charge >= 0.3 is 0 Å². The first-order chi connectivity index (χ1) is 16.8. The van der Waals surface area contributed by atoms with E-state index in [1.807, 2.05) is 26.0 Å². The number of aromatic nitrogens is 4. The largest absolute Gasteiger partial charge is 0.476 e. The summed E-state index contributed by atoms with van der Waals surface area (Å²) in [5.74, 6) is 3.87. The summed E-state index contributed by atoms with van der Waals surface area (Å²) >= 11 is 0. The molecule has 0 amide bonds. The summed E-state index contributed by atoms with van der Waals surface area (Å²) < 4.78 is 11.5. The van der Waals surface area contributed by atoms with E-state index in [2.05, 4.69) is 32.7 Å². The first-order valence-electron chi connectivity index (χ1n) is 12.9. The molecule has 0 aromatic carbocycles. The lowest BCUT2D eigenvalue weighted by Crippen LogP contribution is -2.50. The Bertz CT molecular complexity index is 989. The Morgan fingerprint density at radius 2 is 2.03 bits per heavy atom. The van der Waals surface area contributed by atoms with Crippen LogP contribution >= 0.6 is 0 Å². The molecule has 3 fully saturated rings. The third-order valence-corrected chi connectivity index (χ3v) is 7.61. The molecule has 0 radical (unpaired) electrons. The number of rotatable bonds is 8. The number of ether oxygens (including phenoxy) is 2. The summed E-state index contributed by atoms with van der Waals surface area (Å²) in [7, 11) is 0. The minimum Gasteiger partial charge on any atom is -0.476 e. The number of aryl methyl sites for hydroxylation is 1. The van der Waals surface area contributed by atoms with E-state index in [0.29, 0.717) is 47.8 Å². The quantitative estimate of drug-likeness (QED) is 0.447. The van der Waals surface area contributed by atoms with Gasteiger partial charge in [-0.15, -0.1) is 0 Å². The molecule has 192 valence electrons. The Hall–Kier alpha value is -2.43. The third-order valence-electron chi connectivity index (χ3n) is 7.61. The normalized spacial score (nSPS) is 31.2. The van der Waals surface area contributed by atoms with E-state index in [1.54, 1.807) is 0 Å². The van der Waals surface area contributed by atoms with E-state index < -0.39 is 5.60 Å². The minimum atomic E-state index is -0.594. The van der Waals surface area contributed by atoms with E-state index in [4.69, 9.17) is 19.4 Å². The fourth-order valence-electron chi connectivity index (χ4n) is 6.21. The average Bonchev–Trinajstić information content (AvgIpc) is 3.20. The lowest BCUT2D eigenvalue weighted by Gasteiger charge is -2.49. The van der Waals surface area contributed by atoms with Crippen molar-refractivity contribution in [3.63, 3.8) is 0 Å². The van der Waals surface area contributed by atoms with Gasteiger partial charge in [-0.1, -0.05) is 6.92 Å². The SMILES string of the molecule is Cc1cc(Nc2cc(OCCN3CCOCC3)nc(NC3C(C)CC4CC3CC(C)(O)C4)n2)n[nH]1. The first-order valence-corrected chi connectivity index (χ1v) is 12.9. The molecule has 1 saturated heterocycles. The van der Waals surface area contributed by atoms with Crippen LogP contribution in [-0.2, 0) is 4.74 Å². The highest BCUT2D eigenvalue weighted by Gasteiger charge is 2.45. The number of fused-ring (bicyclic) bond motifs is 2. The highest BCUT2D eigenvalue weighted by Crippen LogP contribution is 2.47. The van der Waals surface area contributed by atoms with Gasteiger partial charge in [0.1, 0.15) is 12.4 Å². The number of aliphatic hydroxyl groups is 1. The van der Waals surface area contributed by atoms with E-state index in [0.717, 1.165) is 64.2 Å². The van der Waals surface area contributed by atoms with Crippen LogP contribution in [0.1, 0.15) is 45.2 Å². The van der Waals surface area contributed by atoms with Crippen molar-refractivity contribution in [1.29, 1.82) is 0 Å². The van der Waals surface area contributed by atoms with E-state index in [1.165, 1.54) is 0 Å². The predicted octanol–water partition coefficient (Wildman–Crippen LogP) is 2.95. The summed E-state index contributed by atoms with van der Waals surface area (Å²) in [6, 6.07) is 3.96. The molecule has 2 aliphatic carbocycles. The predicted molar refractivity (Wildman–Crippen MR) is 134 cm³/mol. The van der Waals surface area contributed by atoms with Gasteiger partial charge in [-0.25, -0.2) is 0 Å². The topological polar surface area (TPSA) is 120 Å². The summed E-state index contributed by atoms with van der Waals surface area (Å²) in [6.45, 7) is 11.0. The fraction of sp³-hybridized carbons (Fsp3) is 0.720. The molecule has 0 spiro atoms. The van der Waals surface area contributed by atoms with Crippen molar-refractivity contribution in [3.8, 4) is 5.88 Å². The summed E-state index contributed by atoms with van der Waals surface area (Å²) in [6.07, 6.45) is 3.96. The monoisotopic (exact) mass is 485 g/mol. The van der Waals surface area contributed by atoms with Crippen LogP contribution in [-0.4, -0.2) is 81.3 Å². The Balaban J connectivity index is 1.32. The van der Waals surface area contributed by atoms with Gasteiger partial charge in [0.05, 0.1) is 18.8 Å². The van der Waals surface area contributed by atoms with Crippen LogP contribution in [0.2, 0.25) is 0 Å². The zero-order chi connectivity index (χ0) is 24.4. The van der Waals surface area contributed by atoms with Gasteiger partial charge in [0.2, 0.25) is 11.8 Å². The second-order valence-electron chi connectivity index (χ2n) is 10.9. The molecule has 5 rings (SSSR count). The van der Waals surface area contributed by atoms with E-state index in [9.17, 15) is 5.11 Å². The molecule has 2 aromatic rings.